The number of halogens is 1. The van der Waals surface area contributed by atoms with E-state index in [1.807, 2.05) is 37.3 Å². The molecule has 58 valence electrons. The topological polar surface area (TPSA) is 12.4 Å². The monoisotopic (exact) mass is 167 g/mol. The Morgan fingerprint density at radius 1 is 1.45 bits per heavy atom. The van der Waals surface area contributed by atoms with E-state index in [-0.39, 0.29) is 0 Å². The Bertz CT molecular complexity index is 246. The van der Waals surface area contributed by atoms with Gasteiger partial charge in [-0.1, -0.05) is 24.3 Å². The van der Waals surface area contributed by atoms with E-state index in [0.29, 0.717) is 6.00 Å². The minimum absolute atomic E-state index is 0.324. The van der Waals surface area contributed by atoms with Crippen molar-refractivity contribution in [1.82, 2.24) is 0 Å². The van der Waals surface area contributed by atoms with Crippen molar-refractivity contribution in [3.8, 4) is 0 Å². The summed E-state index contributed by atoms with van der Waals surface area (Å²) in [6.45, 7) is 1.99. The van der Waals surface area contributed by atoms with Crippen molar-refractivity contribution in [2.45, 2.75) is 6.92 Å². The van der Waals surface area contributed by atoms with Gasteiger partial charge in [0.05, 0.1) is 5.71 Å². The lowest BCUT2D eigenvalue weighted by Crippen LogP contribution is -1.99. The van der Waals surface area contributed by atoms with Crippen LogP contribution in [0.5, 0.6) is 0 Å². The summed E-state index contributed by atoms with van der Waals surface area (Å²) in [5.41, 5.74) is 2.10. The van der Waals surface area contributed by atoms with Crippen LogP contribution in [0.2, 0.25) is 0 Å². The SMILES string of the molecule is C/C=C1/C=CC=CC1=NCCl. The van der Waals surface area contributed by atoms with Crippen LogP contribution in [0, 0.1) is 0 Å². The van der Waals surface area contributed by atoms with E-state index in [9.17, 15) is 0 Å². The lowest BCUT2D eigenvalue weighted by atomic mass is 10.1. The summed E-state index contributed by atoms with van der Waals surface area (Å²) in [5.74, 6) is 0. The van der Waals surface area contributed by atoms with Crippen molar-refractivity contribution >= 4 is 17.3 Å². The molecule has 11 heavy (non-hydrogen) atoms. The van der Waals surface area contributed by atoms with Gasteiger partial charge in [-0.15, -0.1) is 11.6 Å². The molecule has 0 aromatic rings. The number of nitrogens with zero attached hydrogens (tertiary/aromatic N) is 1. The molecule has 0 atom stereocenters. The molecule has 2 heteroatoms. The molecular formula is C9H10ClN. The van der Waals surface area contributed by atoms with Crippen molar-refractivity contribution in [3.05, 3.63) is 36.0 Å². The van der Waals surface area contributed by atoms with Crippen LogP contribution in [0.1, 0.15) is 6.92 Å². The maximum atomic E-state index is 5.48. The molecular weight excluding hydrogens is 158 g/mol. The first kappa shape index (κ1) is 8.28. The van der Waals surface area contributed by atoms with Crippen molar-refractivity contribution in [2.75, 3.05) is 6.00 Å². The van der Waals surface area contributed by atoms with Crippen molar-refractivity contribution < 1.29 is 0 Å². The lowest BCUT2D eigenvalue weighted by molar-refractivity contribution is 1.35. The van der Waals surface area contributed by atoms with Crippen molar-refractivity contribution in [2.24, 2.45) is 4.99 Å². The third-order valence-corrected chi connectivity index (χ3v) is 1.60. The number of allylic oxidation sites excluding steroid dienone is 6. The number of hydrogen-bond donors (Lipinski definition) is 0. The van der Waals surface area contributed by atoms with Gasteiger partial charge in [-0.25, -0.2) is 0 Å². The maximum Gasteiger partial charge on any atom is 0.114 e. The van der Waals surface area contributed by atoms with Gasteiger partial charge in [0.25, 0.3) is 0 Å². The molecule has 0 aromatic heterocycles. The van der Waals surface area contributed by atoms with Gasteiger partial charge in [0.15, 0.2) is 0 Å². The predicted octanol–water partition coefficient (Wildman–Crippen LogP) is 2.70. The summed E-state index contributed by atoms with van der Waals surface area (Å²) in [5, 5.41) is 0. The standard InChI is InChI=1S/C9H10ClN/c1-2-8-5-3-4-6-9(8)11-7-10/h2-6H,7H2,1H3/b8-2-,11-9?. The molecule has 1 aliphatic carbocycles. The van der Waals surface area contributed by atoms with Crippen LogP contribution >= 0.6 is 11.6 Å². The van der Waals surface area contributed by atoms with Gasteiger partial charge >= 0.3 is 0 Å². The molecule has 1 rings (SSSR count). The molecule has 0 N–H and O–H groups in total. The normalized spacial score (nSPS) is 23.5. The zero-order valence-corrected chi connectivity index (χ0v) is 7.17. The van der Waals surface area contributed by atoms with Crippen LogP contribution in [0.15, 0.2) is 40.9 Å². The fourth-order valence-corrected chi connectivity index (χ4v) is 1.07. The Morgan fingerprint density at radius 3 is 2.82 bits per heavy atom. The van der Waals surface area contributed by atoms with E-state index in [4.69, 9.17) is 11.6 Å². The molecule has 0 spiro atoms. The largest absolute Gasteiger partial charge is 0.269 e. The lowest BCUT2D eigenvalue weighted by Gasteiger charge is -2.03. The summed E-state index contributed by atoms with van der Waals surface area (Å²) in [4.78, 5) is 4.11. The van der Waals surface area contributed by atoms with Crippen LogP contribution in [0.3, 0.4) is 0 Å². The summed E-state index contributed by atoms with van der Waals surface area (Å²) in [6, 6.07) is 0.324. The quantitative estimate of drug-likeness (QED) is 0.421. The Hall–Kier alpha value is -0.820. The zero-order valence-electron chi connectivity index (χ0n) is 6.42. The Morgan fingerprint density at radius 2 is 2.18 bits per heavy atom. The Labute approximate surface area is 71.8 Å². The minimum Gasteiger partial charge on any atom is -0.269 e. The van der Waals surface area contributed by atoms with Gasteiger partial charge in [0, 0.05) is 0 Å². The molecule has 0 unspecified atom stereocenters. The van der Waals surface area contributed by atoms with E-state index >= 15 is 0 Å². The van der Waals surface area contributed by atoms with Gasteiger partial charge in [0.2, 0.25) is 0 Å². The molecule has 0 heterocycles. The highest BCUT2D eigenvalue weighted by atomic mass is 35.5. The van der Waals surface area contributed by atoms with Crippen LogP contribution in [0.4, 0.5) is 0 Å². The van der Waals surface area contributed by atoms with Gasteiger partial charge < -0.3 is 0 Å². The van der Waals surface area contributed by atoms with E-state index in [2.05, 4.69) is 4.99 Å². The molecule has 0 amide bonds. The highest BCUT2D eigenvalue weighted by molar-refractivity contribution is 6.20. The first-order valence-electron chi connectivity index (χ1n) is 3.50. The summed E-state index contributed by atoms with van der Waals surface area (Å²) in [6.07, 6.45) is 9.94. The van der Waals surface area contributed by atoms with Gasteiger partial charge in [0.1, 0.15) is 6.00 Å². The third-order valence-electron chi connectivity index (χ3n) is 1.48. The summed E-state index contributed by atoms with van der Waals surface area (Å²) < 4.78 is 0. The van der Waals surface area contributed by atoms with Gasteiger partial charge in [-0.05, 0) is 18.6 Å². The Kier molecular flexibility index (Phi) is 3.12. The second kappa shape index (κ2) is 4.14. The number of alkyl halides is 1. The third kappa shape index (κ3) is 2.05. The maximum absolute atomic E-state index is 5.48. The number of hydrogen-bond acceptors (Lipinski definition) is 1. The molecule has 0 radical (unpaired) electrons. The fourth-order valence-electron chi connectivity index (χ4n) is 0.940. The zero-order chi connectivity index (χ0) is 8.10. The smallest absolute Gasteiger partial charge is 0.114 e. The predicted molar refractivity (Wildman–Crippen MR) is 50.2 cm³/mol. The highest BCUT2D eigenvalue weighted by Crippen LogP contribution is 2.07. The van der Waals surface area contributed by atoms with Crippen molar-refractivity contribution in [1.29, 1.82) is 0 Å². The first-order chi connectivity index (χ1) is 5.38. The van der Waals surface area contributed by atoms with Crippen LogP contribution in [-0.2, 0) is 0 Å². The molecule has 0 fully saturated rings. The highest BCUT2D eigenvalue weighted by Gasteiger charge is 2.00. The average Bonchev–Trinajstić information content (AvgIpc) is 2.06. The Balaban J connectivity index is 2.88. The second-order valence-electron chi connectivity index (χ2n) is 2.13. The van der Waals surface area contributed by atoms with Crippen molar-refractivity contribution in [3.63, 3.8) is 0 Å². The molecule has 0 aromatic carbocycles. The summed E-state index contributed by atoms with van der Waals surface area (Å²) in [7, 11) is 0. The fraction of sp³-hybridized carbons (Fsp3) is 0.222. The molecule has 0 saturated carbocycles. The first-order valence-corrected chi connectivity index (χ1v) is 4.03. The van der Waals surface area contributed by atoms with Crippen LogP contribution in [-0.4, -0.2) is 11.7 Å². The van der Waals surface area contributed by atoms with E-state index in [1.54, 1.807) is 0 Å². The molecule has 1 nitrogen and oxygen atoms in total. The summed E-state index contributed by atoms with van der Waals surface area (Å²) >= 11 is 5.48. The van der Waals surface area contributed by atoms with Crippen LogP contribution < -0.4 is 0 Å². The second-order valence-corrected chi connectivity index (χ2v) is 2.36. The van der Waals surface area contributed by atoms with E-state index in [1.165, 1.54) is 0 Å². The molecule has 0 aliphatic heterocycles. The minimum atomic E-state index is 0.324. The number of aliphatic imine (C=N–C) groups is 1. The van der Waals surface area contributed by atoms with Gasteiger partial charge in [-0.2, -0.15) is 0 Å². The van der Waals surface area contributed by atoms with Gasteiger partial charge in [-0.3, -0.25) is 4.99 Å². The molecule has 1 aliphatic rings. The van der Waals surface area contributed by atoms with E-state index in [0.717, 1.165) is 11.3 Å². The average molecular weight is 168 g/mol. The molecule has 0 saturated heterocycles. The van der Waals surface area contributed by atoms with E-state index < -0.39 is 0 Å². The molecule has 0 bridgehead atoms. The van der Waals surface area contributed by atoms with Crippen LogP contribution in [0.25, 0.3) is 0 Å². The number of rotatable bonds is 1.